The number of amides is 1. The van der Waals surface area contributed by atoms with Crippen molar-refractivity contribution in [2.75, 3.05) is 11.1 Å². The Morgan fingerprint density at radius 3 is 2.81 bits per heavy atom. The molecule has 0 radical (unpaired) electrons. The summed E-state index contributed by atoms with van der Waals surface area (Å²) in [4.78, 5) is 40.7. The molecule has 0 saturated heterocycles. The molecule has 27 heavy (non-hydrogen) atoms. The van der Waals surface area contributed by atoms with Gasteiger partial charge in [-0.2, -0.15) is 0 Å². The molecule has 0 atom stereocenters. The fourth-order valence-electron chi connectivity index (χ4n) is 2.28. The maximum atomic E-state index is 12.1. The minimum atomic E-state index is -1.14. The molecule has 0 bridgehead atoms. The largest absolute Gasteiger partial charge is 0.478 e. The van der Waals surface area contributed by atoms with Crippen LogP contribution in [0.5, 0.6) is 0 Å². The third-order valence-electron chi connectivity index (χ3n) is 3.49. The fourth-order valence-corrected chi connectivity index (χ4v) is 3.13. The highest BCUT2D eigenvalue weighted by Gasteiger charge is 2.16. The van der Waals surface area contributed by atoms with Gasteiger partial charge in [0.05, 0.1) is 32.5 Å². The van der Waals surface area contributed by atoms with E-state index in [2.05, 4.69) is 15.3 Å². The van der Waals surface area contributed by atoms with Crippen molar-refractivity contribution in [1.82, 2.24) is 9.97 Å². The average Bonchev–Trinajstić information content (AvgIpc) is 3.04. The number of halogens is 1. The molecule has 9 nitrogen and oxygen atoms in total. The molecule has 0 unspecified atom stereocenters. The third-order valence-corrected chi connectivity index (χ3v) is 4.70. The van der Waals surface area contributed by atoms with Crippen LogP contribution in [0.15, 0.2) is 41.6 Å². The zero-order chi connectivity index (χ0) is 19.6. The van der Waals surface area contributed by atoms with E-state index in [1.807, 2.05) is 0 Å². The molecule has 0 aliphatic carbocycles. The first kappa shape index (κ1) is 18.7. The minimum absolute atomic E-state index is 0.00746. The number of anilines is 1. The van der Waals surface area contributed by atoms with Crippen LogP contribution in [0.1, 0.15) is 10.4 Å². The number of thioether (sulfide) groups is 1. The lowest BCUT2D eigenvalue weighted by Crippen LogP contribution is -2.15. The number of carbonyl (C=O) groups is 2. The SMILES string of the molecule is O=C(CSc1nc2c([N+](=O)[O-])cccc2[nH]1)Nc1cc(C(=O)O)ccc1Cl. The van der Waals surface area contributed by atoms with Crippen molar-refractivity contribution in [2.45, 2.75) is 5.16 Å². The van der Waals surface area contributed by atoms with E-state index in [0.29, 0.717) is 10.7 Å². The molecule has 2 aromatic carbocycles. The summed E-state index contributed by atoms with van der Waals surface area (Å²) in [5.41, 5.74) is 0.749. The summed E-state index contributed by atoms with van der Waals surface area (Å²) in [5, 5.41) is 23.1. The van der Waals surface area contributed by atoms with Gasteiger partial charge in [0.25, 0.3) is 5.69 Å². The van der Waals surface area contributed by atoms with Gasteiger partial charge in [-0.3, -0.25) is 14.9 Å². The second-order valence-electron chi connectivity index (χ2n) is 5.31. The number of hydrogen-bond acceptors (Lipinski definition) is 6. The van der Waals surface area contributed by atoms with Crippen molar-refractivity contribution in [3.05, 3.63) is 57.1 Å². The van der Waals surface area contributed by atoms with Gasteiger partial charge in [0, 0.05) is 6.07 Å². The maximum absolute atomic E-state index is 12.1. The lowest BCUT2D eigenvalue weighted by molar-refractivity contribution is -0.383. The number of carbonyl (C=O) groups excluding carboxylic acids is 1. The Bertz CT molecular complexity index is 1070. The molecule has 1 heterocycles. The van der Waals surface area contributed by atoms with Crippen LogP contribution < -0.4 is 5.32 Å². The van der Waals surface area contributed by atoms with Crippen molar-refractivity contribution in [1.29, 1.82) is 0 Å². The first-order valence-corrected chi connectivity index (χ1v) is 8.80. The number of non-ortho nitro benzene ring substituents is 1. The number of carboxylic acids is 1. The van der Waals surface area contributed by atoms with E-state index in [9.17, 15) is 19.7 Å². The molecule has 1 aromatic heterocycles. The maximum Gasteiger partial charge on any atom is 0.335 e. The number of aromatic amines is 1. The molecule has 0 aliphatic rings. The quantitative estimate of drug-likeness (QED) is 0.323. The first-order chi connectivity index (χ1) is 12.8. The van der Waals surface area contributed by atoms with Crippen LogP contribution in [0.4, 0.5) is 11.4 Å². The van der Waals surface area contributed by atoms with Crippen molar-refractivity contribution in [2.24, 2.45) is 0 Å². The minimum Gasteiger partial charge on any atom is -0.478 e. The van der Waals surface area contributed by atoms with Gasteiger partial charge < -0.3 is 15.4 Å². The van der Waals surface area contributed by atoms with E-state index in [1.54, 1.807) is 6.07 Å². The van der Waals surface area contributed by atoms with Gasteiger partial charge in [0.2, 0.25) is 5.91 Å². The van der Waals surface area contributed by atoms with Gasteiger partial charge in [0.1, 0.15) is 0 Å². The zero-order valence-electron chi connectivity index (χ0n) is 13.4. The lowest BCUT2D eigenvalue weighted by Gasteiger charge is -2.07. The summed E-state index contributed by atoms with van der Waals surface area (Å²) in [5.74, 6) is -1.62. The number of carboxylic acid groups (broad SMARTS) is 1. The molecule has 0 spiro atoms. The number of nitro groups is 1. The smallest absolute Gasteiger partial charge is 0.335 e. The number of para-hydroxylation sites is 1. The Labute approximate surface area is 160 Å². The standard InChI is InChI=1S/C16H11ClN4O5S/c17-9-5-4-8(15(23)24)6-11(9)18-13(22)7-27-16-19-10-2-1-3-12(21(25)26)14(10)20-16/h1-6H,7H2,(H,18,22)(H,19,20)(H,23,24). The number of fused-ring (bicyclic) bond motifs is 1. The van der Waals surface area contributed by atoms with Gasteiger partial charge in [-0.1, -0.05) is 29.4 Å². The highest BCUT2D eigenvalue weighted by Crippen LogP contribution is 2.27. The Morgan fingerprint density at radius 1 is 1.33 bits per heavy atom. The Kier molecular flexibility index (Phi) is 5.28. The Morgan fingerprint density at radius 2 is 2.11 bits per heavy atom. The number of nitrogens with zero attached hydrogens (tertiary/aromatic N) is 2. The fraction of sp³-hybridized carbons (Fsp3) is 0.0625. The van der Waals surface area contributed by atoms with Crippen LogP contribution in [0.25, 0.3) is 11.0 Å². The lowest BCUT2D eigenvalue weighted by atomic mass is 10.2. The summed E-state index contributed by atoms with van der Waals surface area (Å²) < 4.78 is 0. The number of hydrogen-bond donors (Lipinski definition) is 3. The molecule has 0 fully saturated rings. The number of H-pyrrole nitrogens is 1. The highest BCUT2D eigenvalue weighted by molar-refractivity contribution is 7.99. The number of nitro benzene ring substituents is 1. The van der Waals surface area contributed by atoms with Crippen molar-refractivity contribution < 1.29 is 19.6 Å². The summed E-state index contributed by atoms with van der Waals surface area (Å²) in [6.07, 6.45) is 0. The number of aromatic nitrogens is 2. The van der Waals surface area contributed by atoms with Crippen LogP contribution >= 0.6 is 23.4 Å². The van der Waals surface area contributed by atoms with Gasteiger partial charge in [-0.25, -0.2) is 9.78 Å². The predicted octanol–water partition coefficient (Wildman–Crippen LogP) is 3.55. The van der Waals surface area contributed by atoms with Gasteiger partial charge >= 0.3 is 5.97 Å². The van der Waals surface area contributed by atoms with Crippen LogP contribution in [-0.4, -0.2) is 37.6 Å². The van der Waals surface area contributed by atoms with E-state index < -0.39 is 16.8 Å². The summed E-state index contributed by atoms with van der Waals surface area (Å²) >= 11 is 7.02. The summed E-state index contributed by atoms with van der Waals surface area (Å²) in [6.45, 7) is 0. The molecule has 0 saturated carbocycles. The van der Waals surface area contributed by atoms with Gasteiger partial charge in [-0.15, -0.1) is 0 Å². The average molecular weight is 407 g/mol. The van der Waals surface area contributed by atoms with E-state index in [4.69, 9.17) is 16.7 Å². The molecule has 11 heteroatoms. The second kappa shape index (κ2) is 7.64. The molecule has 3 N–H and O–H groups in total. The summed E-state index contributed by atoms with van der Waals surface area (Å²) in [6, 6.07) is 8.51. The Balaban J connectivity index is 1.70. The van der Waals surface area contributed by atoms with Crippen molar-refractivity contribution in [3.63, 3.8) is 0 Å². The van der Waals surface area contributed by atoms with Crippen LogP contribution in [0, 0.1) is 10.1 Å². The van der Waals surface area contributed by atoms with E-state index >= 15 is 0 Å². The molecule has 3 rings (SSSR count). The number of benzene rings is 2. The first-order valence-electron chi connectivity index (χ1n) is 7.44. The Hall–Kier alpha value is -3.11. The van der Waals surface area contributed by atoms with Crippen LogP contribution in [0.3, 0.4) is 0 Å². The van der Waals surface area contributed by atoms with E-state index in [-0.39, 0.29) is 33.2 Å². The number of aromatic carboxylic acids is 1. The third kappa shape index (κ3) is 4.18. The van der Waals surface area contributed by atoms with Gasteiger partial charge in [0.15, 0.2) is 10.7 Å². The number of nitrogens with one attached hydrogen (secondary N) is 2. The molecule has 138 valence electrons. The van der Waals surface area contributed by atoms with E-state index in [0.717, 1.165) is 11.8 Å². The normalized spacial score (nSPS) is 10.7. The second-order valence-corrected chi connectivity index (χ2v) is 6.68. The topological polar surface area (TPSA) is 138 Å². The predicted molar refractivity (Wildman–Crippen MR) is 101 cm³/mol. The van der Waals surface area contributed by atoms with Crippen molar-refractivity contribution >= 4 is 57.6 Å². The van der Waals surface area contributed by atoms with Crippen LogP contribution in [0.2, 0.25) is 5.02 Å². The molecule has 3 aromatic rings. The van der Waals surface area contributed by atoms with Crippen LogP contribution in [-0.2, 0) is 4.79 Å². The molecule has 1 amide bonds. The molecule has 0 aliphatic heterocycles. The zero-order valence-corrected chi connectivity index (χ0v) is 15.0. The number of imidazole rings is 1. The molecular formula is C16H11ClN4O5S. The highest BCUT2D eigenvalue weighted by atomic mass is 35.5. The monoisotopic (exact) mass is 406 g/mol. The molecular weight excluding hydrogens is 396 g/mol. The summed E-state index contributed by atoms with van der Waals surface area (Å²) in [7, 11) is 0. The van der Waals surface area contributed by atoms with Gasteiger partial charge in [-0.05, 0) is 24.3 Å². The van der Waals surface area contributed by atoms with Crippen molar-refractivity contribution in [3.8, 4) is 0 Å². The van der Waals surface area contributed by atoms with E-state index in [1.165, 1.54) is 30.3 Å². The number of rotatable bonds is 6.